The fourth-order valence-electron chi connectivity index (χ4n) is 1.06. The van der Waals surface area contributed by atoms with Gasteiger partial charge >= 0.3 is 5.97 Å². The van der Waals surface area contributed by atoms with Gasteiger partial charge in [-0.1, -0.05) is 0 Å². The molecular weight excluding hydrogens is 247 g/mol. The molecule has 0 saturated carbocycles. The van der Waals surface area contributed by atoms with Gasteiger partial charge in [-0.05, 0) is 0 Å². The van der Waals surface area contributed by atoms with Crippen LogP contribution in [0.15, 0.2) is 6.07 Å². The third-order valence-electron chi connectivity index (χ3n) is 1.83. The molecule has 3 nitrogen and oxygen atoms in total. The van der Waals surface area contributed by atoms with E-state index >= 15 is 0 Å². The number of halogens is 4. The van der Waals surface area contributed by atoms with E-state index in [9.17, 15) is 18.0 Å². The molecule has 1 heterocycles. The van der Waals surface area contributed by atoms with Crippen molar-refractivity contribution in [3.8, 4) is 0 Å². The molecule has 0 fully saturated rings. The summed E-state index contributed by atoms with van der Waals surface area (Å²) in [6.45, 7) is 0. The van der Waals surface area contributed by atoms with Crippen LogP contribution in [0.25, 0.3) is 0 Å². The topological polar surface area (TPSA) is 39.2 Å². The maximum Gasteiger partial charge on any atom is 0.357 e. The lowest BCUT2D eigenvalue weighted by atomic mass is 10.2. The van der Waals surface area contributed by atoms with Gasteiger partial charge in [-0.15, -0.1) is 11.6 Å². The van der Waals surface area contributed by atoms with E-state index in [4.69, 9.17) is 11.6 Å². The lowest BCUT2D eigenvalue weighted by Gasteiger charge is -2.08. The number of carbonyl (C=O) groups excluding carboxylic acids is 1. The smallest absolute Gasteiger partial charge is 0.357 e. The van der Waals surface area contributed by atoms with Crippen LogP contribution in [0.5, 0.6) is 0 Å². The summed E-state index contributed by atoms with van der Waals surface area (Å²) in [6.07, 6.45) is -2.97. The van der Waals surface area contributed by atoms with Crippen molar-refractivity contribution >= 4 is 17.6 Å². The number of esters is 1. The predicted molar refractivity (Wildman–Crippen MR) is 50.0 cm³/mol. The molecule has 88 valence electrons. The Morgan fingerprint density at radius 3 is 2.69 bits per heavy atom. The molecule has 0 radical (unpaired) electrons. The van der Waals surface area contributed by atoms with Crippen LogP contribution in [-0.2, 0) is 10.6 Å². The monoisotopic (exact) mass is 253 g/mol. The first-order valence-electron chi connectivity index (χ1n) is 4.13. The van der Waals surface area contributed by atoms with Gasteiger partial charge in [0.2, 0.25) is 0 Å². The molecule has 0 amide bonds. The molecule has 1 rings (SSSR count). The van der Waals surface area contributed by atoms with Crippen LogP contribution in [0.1, 0.15) is 28.2 Å². The number of pyridine rings is 1. The Morgan fingerprint density at radius 1 is 1.62 bits per heavy atom. The first-order chi connectivity index (χ1) is 7.51. The summed E-state index contributed by atoms with van der Waals surface area (Å²) >= 11 is 5.40. The van der Waals surface area contributed by atoms with Gasteiger partial charge < -0.3 is 4.74 Å². The molecule has 1 aromatic heterocycles. The van der Waals surface area contributed by atoms with Crippen molar-refractivity contribution < 1.29 is 22.7 Å². The number of hydrogen-bond acceptors (Lipinski definition) is 3. The van der Waals surface area contributed by atoms with Gasteiger partial charge in [0.25, 0.3) is 6.43 Å². The standard InChI is InChI=1S/C9H7ClF3NO2/c1-16-9(15)7-4(3-10)5(11)2-6(14-7)8(12)13/h2,8H,3H2,1H3. The lowest BCUT2D eigenvalue weighted by Crippen LogP contribution is -2.12. The zero-order valence-corrected chi connectivity index (χ0v) is 8.89. The second-order valence-electron chi connectivity index (χ2n) is 2.78. The summed E-state index contributed by atoms with van der Waals surface area (Å²) in [7, 11) is 1.04. The maximum absolute atomic E-state index is 13.3. The molecule has 0 aromatic carbocycles. The minimum Gasteiger partial charge on any atom is -0.464 e. The maximum atomic E-state index is 13.3. The Hall–Kier alpha value is -1.30. The minimum atomic E-state index is -2.97. The van der Waals surface area contributed by atoms with Crippen LogP contribution >= 0.6 is 11.6 Å². The van der Waals surface area contributed by atoms with E-state index in [0.29, 0.717) is 6.07 Å². The summed E-state index contributed by atoms with van der Waals surface area (Å²) in [5.74, 6) is -2.36. The summed E-state index contributed by atoms with van der Waals surface area (Å²) < 4.78 is 42.2. The van der Waals surface area contributed by atoms with Gasteiger partial charge in [0.1, 0.15) is 11.5 Å². The van der Waals surface area contributed by atoms with E-state index in [0.717, 1.165) is 7.11 Å². The molecule has 7 heteroatoms. The molecule has 0 aliphatic rings. The highest BCUT2D eigenvalue weighted by Gasteiger charge is 2.21. The zero-order chi connectivity index (χ0) is 12.3. The van der Waals surface area contributed by atoms with Gasteiger partial charge in [-0.25, -0.2) is 22.9 Å². The van der Waals surface area contributed by atoms with Crippen molar-refractivity contribution in [3.63, 3.8) is 0 Å². The Kier molecular flexibility index (Phi) is 4.12. The van der Waals surface area contributed by atoms with E-state index in [1.54, 1.807) is 0 Å². The fraction of sp³-hybridized carbons (Fsp3) is 0.333. The molecule has 0 unspecified atom stereocenters. The Labute approximate surface area is 94.2 Å². The molecule has 16 heavy (non-hydrogen) atoms. The molecular formula is C9H7ClF3NO2. The summed E-state index contributed by atoms with van der Waals surface area (Å²) in [5, 5.41) is 0. The number of nitrogens with zero attached hydrogens (tertiary/aromatic N) is 1. The second kappa shape index (κ2) is 5.16. The van der Waals surface area contributed by atoms with Crippen molar-refractivity contribution in [1.29, 1.82) is 0 Å². The Balaban J connectivity index is 3.36. The van der Waals surface area contributed by atoms with Gasteiger partial charge in [0, 0.05) is 11.6 Å². The number of ether oxygens (including phenoxy) is 1. The van der Waals surface area contributed by atoms with E-state index in [1.807, 2.05) is 0 Å². The Bertz CT molecular complexity index is 412. The average Bonchev–Trinajstić information content (AvgIpc) is 2.26. The summed E-state index contributed by atoms with van der Waals surface area (Å²) in [4.78, 5) is 14.5. The highest BCUT2D eigenvalue weighted by molar-refractivity contribution is 6.17. The molecule has 0 saturated heterocycles. The molecule has 0 N–H and O–H groups in total. The van der Waals surface area contributed by atoms with Crippen molar-refractivity contribution in [2.24, 2.45) is 0 Å². The van der Waals surface area contributed by atoms with Crippen LogP contribution in [0.2, 0.25) is 0 Å². The van der Waals surface area contributed by atoms with Crippen molar-refractivity contribution in [2.75, 3.05) is 7.11 Å². The highest BCUT2D eigenvalue weighted by Crippen LogP contribution is 2.22. The summed E-state index contributed by atoms with van der Waals surface area (Å²) in [6, 6.07) is 0.550. The SMILES string of the molecule is COC(=O)c1nc(C(F)F)cc(F)c1CCl. The minimum absolute atomic E-state index is 0.252. The normalized spacial score (nSPS) is 10.6. The van der Waals surface area contributed by atoms with Crippen LogP contribution < -0.4 is 0 Å². The fourth-order valence-corrected chi connectivity index (χ4v) is 1.32. The van der Waals surface area contributed by atoms with Crippen LogP contribution in [0.3, 0.4) is 0 Å². The van der Waals surface area contributed by atoms with E-state index in [-0.39, 0.29) is 11.4 Å². The van der Waals surface area contributed by atoms with Crippen LogP contribution in [0.4, 0.5) is 13.2 Å². The lowest BCUT2D eigenvalue weighted by molar-refractivity contribution is 0.0590. The van der Waals surface area contributed by atoms with Crippen LogP contribution in [0, 0.1) is 5.82 Å². The number of hydrogen-bond donors (Lipinski definition) is 0. The predicted octanol–water partition coefficient (Wildman–Crippen LogP) is 2.68. The quantitative estimate of drug-likeness (QED) is 0.614. The van der Waals surface area contributed by atoms with Gasteiger partial charge in [0.15, 0.2) is 5.69 Å². The first-order valence-corrected chi connectivity index (χ1v) is 4.66. The van der Waals surface area contributed by atoms with Crippen molar-refractivity contribution in [2.45, 2.75) is 12.3 Å². The molecule has 0 aliphatic carbocycles. The summed E-state index contributed by atoms with van der Waals surface area (Å²) in [5.41, 5.74) is -1.60. The number of aromatic nitrogens is 1. The largest absolute Gasteiger partial charge is 0.464 e. The molecule has 0 bridgehead atoms. The number of alkyl halides is 3. The van der Waals surface area contributed by atoms with Gasteiger partial charge in [-0.2, -0.15) is 0 Å². The molecule has 1 aromatic rings. The number of methoxy groups -OCH3 is 1. The third kappa shape index (κ3) is 2.44. The van der Waals surface area contributed by atoms with E-state index in [1.165, 1.54) is 0 Å². The van der Waals surface area contributed by atoms with Gasteiger partial charge in [0.05, 0.1) is 13.0 Å². The Morgan fingerprint density at radius 2 is 2.25 bits per heavy atom. The third-order valence-corrected chi connectivity index (χ3v) is 2.09. The average molecular weight is 254 g/mol. The van der Waals surface area contributed by atoms with E-state index < -0.39 is 29.6 Å². The highest BCUT2D eigenvalue weighted by atomic mass is 35.5. The van der Waals surface area contributed by atoms with Gasteiger partial charge in [-0.3, -0.25) is 0 Å². The molecule has 0 atom stereocenters. The number of rotatable bonds is 3. The number of carbonyl (C=O) groups is 1. The van der Waals surface area contributed by atoms with Crippen LogP contribution in [-0.4, -0.2) is 18.1 Å². The van der Waals surface area contributed by atoms with Crippen molar-refractivity contribution in [1.82, 2.24) is 4.98 Å². The molecule has 0 aliphatic heterocycles. The zero-order valence-electron chi connectivity index (χ0n) is 8.14. The second-order valence-corrected chi connectivity index (χ2v) is 3.05. The molecule has 0 spiro atoms. The van der Waals surface area contributed by atoms with Crippen molar-refractivity contribution in [3.05, 3.63) is 28.8 Å². The first kappa shape index (κ1) is 12.8. The van der Waals surface area contributed by atoms with E-state index in [2.05, 4.69) is 9.72 Å².